The molecule has 1 heterocycles. The van der Waals surface area contributed by atoms with E-state index in [1.807, 2.05) is 30.5 Å². The molecule has 5 heteroatoms. The zero-order valence-corrected chi connectivity index (χ0v) is 8.30. The summed E-state index contributed by atoms with van der Waals surface area (Å²) in [6, 6.07) is 7.66. The number of nitrogens with one attached hydrogen (secondary N) is 1. The van der Waals surface area contributed by atoms with E-state index in [1.54, 1.807) is 10.9 Å². The summed E-state index contributed by atoms with van der Waals surface area (Å²) in [6.07, 6.45) is 3.51. The molecule has 0 aliphatic heterocycles. The Morgan fingerprint density at radius 1 is 1.27 bits per heavy atom. The van der Waals surface area contributed by atoms with Gasteiger partial charge in [-0.1, -0.05) is 5.21 Å². The van der Waals surface area contributed by atoms with Gasteiger partial charge in [-0.15, -0.1) is 5.10 Å². The summed E-state index contributed by atoms with van der Waals surface area (Å²) in [6.45, 7) is 1.61. The Morgan fingerprint density at radius 3 is 2.73 bits per heavy atom. The Hall–Kier alpha value is -2.04. The van der Waals surface area contributed by atoms with Crippen molar-refractivity contribution in [3.05, 3.63) is 36.7 Å². The Kier molecular flexibility index (Phi) is 2.82. The van der Waals surface area contributed by atoms with Crippen molar-refractivity contribution in [2.24, 2.45) is 0 Å². The predicted octanol–water partition coefficient (Wildman–Crippen LogP) is 0.972. The zero-order chi connectivity index (χ0) is 10.5. The second-order valence-corrected chi connectivity index (χ2v) is 3.21. The molecule has 0 radical (unpaired) electrons. The van der Waals surface area contributed by atoms with E-state index < -0.39 is 0 Å². The topological polar surface area (TPSA) is 68.8 Å². The number of nitrogens with two attached hydrogens (primary N) is 1. The molecule has 1 aromatic carbocycles. The van der Waals surface area contributed by atoms with Gasteiger partial charge in [0.05, 0.1) is 12.7 Å². The van der Waals surface area contributed by atoms with Gasteiger partial charge < -0.3 is 11.1 Å². The normalized spacial score (nSPS) is 10.1. The lowest BCUT2D eigenvalue weighted by Crippen LogP contribution is -2.10. The molecule has 3 N–H and O–H groups in total. The van der Waals surface area contributed by atoms with Gasteiger partial charge >= 0.3 is 0 Å². The van der Waals surface area contributed by atoms with Gasteiger partial charge in [-0.05, 0) is 24.3 Å². The molecule has 2 aromatic rings. The van der Waals surface area contributed by atoms with E-state index >= 15 is 0 Å². The van der Waals surface area contributed by atoms with E-state index in [-0.39, 0.29) is 0 Å². The Bertz CT molecular complexity index is 392. The molecule has 0 aliphatic carbocycles. The van der Waals surface area contributed by atoms with Gasteiger partial charge in [0, 0.05) is 24.1 Å². The van der Waals surface area contributed by atoms with Crippen LogP contribution in [0.4, 0.5) is 11.4 Å². The highest BCUT2D eigenvalue weighted by atomic mass is 15.4. The van der Waals surface area contributed by atoms with Gasteiger partial charge in [0.15, 0.2) is 0 Å². The summed E-state index contributed by atoms with van der Waals surface area (Å²) in [7, 11) is 0. The van der Waals surface area contributed by atoms with Crippen molar-refractivity contribution in [1.82, 2.24) is 15.0 Å². The Labute approximate surface area is 87.9 Å². The van der Waals surface area contributed by atoms with Crippen molar-refractivity contribution < 1.29 is 0 Å². The van der Waals surface area contributed by atoms with Gasteiger partial charge in [-0.2, -0.15) is 0 Å². The monoisotopic (exact) mass is 203 g/mol. The number of anilines is 2. The summed E-state index contributed by atoms with van der Waals surface area (Å²) >= 11 is 0. The highest BCUT2D eigenvalue weighted by Gasteiger charge is 1.93. The molecule has 78 valence electrons. The first-order valence-corrected chi connectivity index (χ1v) is 4.78. The van der Waals surface area contributed by atoms with Crippen molar-refractivity contribution in [3.63, 3.8) is 0 Å². The molecule has 5 nitrogen and oxygen atoms in total. The molecule has 0 unspecified atom stereocenters. The second-order valence-electron chi connectivity index (χ2n) is 3.21. The van der Waals surface area contributed by atoms with Crippen LogP contribution >= 0.6 is 0 Å². The maximum absolute atomic E-state index is 5.58. The van der Waals surface area contributed by atoms with Crippen molar-refractivity contribution in [1.29, 1.82) is 0 Å². The lowest BCUT2D eigenvalue weighted by molar-refractivity contribution is 0.609. The molecule has 0 saturated heterocycles. The van der Waals surface area contributed by atoms with E-state index in [4.69, 9.17) is 5.73 Å². The van der Waals surface area contributed by atoms with Crippen LogP contribution in [0.25, 0.3) is 0 Å². The average molecular weight is 203 g/mol. The number of rotatable bonds is 4. The summed E-state index contributed by atoms with van der Waals surface area (Å²) < 4.78 is 1.78. The third kappa shape index (κ3) is 2.70. The number of nitrogens with zero attached hydrogens (tertiary/aromatic N) is 3. The molecule has 0 bridgehead atoms. The maximum Gasteiger partial charge on any atom is 0.0692 e. The highest BCUT2D eigenvalue weighted by molar-refractivity contribution is 5.50. The fourth-order valence-electron chi connectivity index (χ4n) is 1.27. The van der Waals surface area contributed by atoms with Gasteiger partial charge in [0.1, 0.15) is 0 Å². The molecule has 0 atom stereocenters. The van der Waals surface area contributed by atoms with Crippen molar-refractivity contribution >= 4 is 11.4 Å². The molecule has 15 heavy (non-hydrogen) atoms. The smallest absolute Gasteiger partial charge is 0.0692 e. The maximum atomic E-state index is 5.58. The number of nitrogen functional groups attached to an aromatic ring is 1. The molecule has 2 rings (SSSR count). The minimum atomic E-state index is 0.775. The molecular formula is C10H13N5. The fraction of sp³-hybridized carbons (Fsp3) is 0.200. The van der Waals surface area contributed by atoms with Gasteiger partial charge in [-0.25, -0.2) is 0 Å². The van der Waals surface area contributed by atoms with Crippen molar-refractivity contribution in [2.45, 2.75) is 6.54 Å². The van der Waals surface area contributed by atoms with Crippen molar-refractivity contribution in [3.8, 4) is 0 Å². The molecule has 1 aromatic heterocycles. The summed E-state index contributed by atoms with van der Waals surface area (Å²) in [5.74, 6) is 0. The van der Waals surface area contributed by atoms with E-state index in [0.29, 0.717) is 0 Å². The Balaban J connectivity index is 1.81. The number of hydrogen-bond donors (Lipinski definition) is 2. The quantitative estimate of drug-likeness (QED) is 0.726. The molecule has 0 amide bonds. The van der Waals surface area contributed by atoms with Crippen LogP contribution in [-0.4, -0.2) is 21.5 Å². The van der Waals surface area contributed by atoms with Crippen LogP contribution in [0, 0.1) is 0 Å². The lowest BCUT2D eigenvalue weighted by atomic mass is 10.3. The van der Waals surface area contributed by atoms with E-state index in [9.17, 15) is 0 Å². The summed E-state index contributed by atoms with van der Waals surface area (Å²) in [5, 5.41) is 10.9. The Morgan fingerprint density at radius 2 is 2.07 bits per heavy atom. The van der Waals surface area contributed by atoms with Crippen LogP contribution in [0.15, 0.2) is 36.7 Å². The van der Waals surface area contributed by atoms with Crippen LogP contribution in [0.3, 0.4) is 0 Å². The first-order valence-electron chi connectivity index (χ1n) is 4.78. The van der Waals surface area contributed by atoms with E-state index in [1.165, 1.54) is 0 Å². The lowest BCUT2D eigenvalue weighted by Gasteiger charge is -2.05. The van der Waals surface area contributed by atoms with E-state index in [2.05, 4.69) is 15.6 Å². The van der Waals surface area contributed by atoms with Crippen LogP contribution in [-0.2, 0) is 6.54 Å². The third-order valence-corrected chi connectivity index (χ3v) is 2.05. The van der Waals surface area contributed by atoms with E-state index in [0.717, 1.165) is 24.5 Å². The second kappa shape index (κ2) is 4.45. The highest BCUT2D eigenvalue weighted by Crippen LogP contribution is 2.09. The largest absolute Gasteiger partial charge is 0.399 e. The summed E-state index contributed by atoms with van der Waals surface area (Å²) in [4.78, 5) is 0. The first-order chi connectivity index (χ1) is 7.34. The van der Waals surface area contributed by atoms with Crippen molar-refractivity contribution in [2.75, 3.05) is 17.6 Å². The minimum Gasteiger partial charge on any atom is -0.399 e. The molecule has 0 saturated carbocycles. The zero-order valence-electron chi connectivity index (χ0n) is 8.30. The molecule has 0 spiro atoms. The predicted molar refractivity (Wildman–Crippen MR) is 59.4 cm³/mol. The average Bonchev–Trinajstić information content (AvgIpc) is 2.74. The number of hydrogen-bond acceptors (Lipinski definition) is 4. The molecule has 0 aliphatic rings. The number of aromatic nitrogens is 3. The van der Waals surface area contributed by atoms with Crippen LogP contribution in [0.2, 0.25) is 0 Å². The molecule has 0 fully saturated rings. The standard InChI is InChI=1S/C10H13N5/c11-9-1-3-10(4-2-9)12-5-7-15-8-6-13-14-15/h1-4,6,8,12H,5,7,11H2. The summed E-state index contributed by atoms with van der Waals surface area (Å²) in [5.41, 5.74) is 7.42. The minimum absolute atomic E-state index is 0.775. The van der Waals surface area contributed by atoms with Gasteiger partial charge in [0.2, 0.25) is 0 Å². The fourth-order valence-corrected chi connectivity index (χ4v) is 1.27. The van der Waals surface area contributed by atoms with Gasteiger partial charge in [-0.3, -0.25) is 4.68 Å². The first kappa shape index (κ1) is 9.51. The van der Waals surface area contributed by atoms with Gasteiger partial charge in [0.25, 0.3) is 0 Å². The van der Waals surface area contributed by atoms with Crippen LogP contribution in [0.5, 0.6) is 0 Å². The third-order valence-electron chi connectivity index (χ3n) is 2.05. The number of benzene rings is 1. The van der Waals surface area contributed by atoms with Crippen LogP contribution in [0.1, 0.15) is 0 Å². The van der Waals surface area contributed by atoms with Crippen LogP contribution < -0.4 is 11.1 Å². The molecular weight excluding hydrogens is 190 g/mol. The SMILES string of the molecule is Nc1ccc(NCCn2ccnn2)cc1.